The molecular formula is C15H28N2O. The van der Waals surface area contributed by atoms with Gasteiger partial charge in [0, 0.05) is 13.1 Å². The summed E-state index contributed by atoms with van der Waals surface area (Å²) in [6, 6.07) is 0.163. The average molecular weight is 252 g/mol. The highest BCUT2D eigenvalue weighted by atomic mass is 16.2. The number of rotatable bonds is 1. The predicted molar refractivity (Wildman–Crippen MR) is 74.4 cm³/mol. The van der Waals surface area contributed by atoms with E-state index in [9.17, 15) is 4.79 Å². The zero-order chi connectivity index (χ0) is 13.3. The quantitative estimate of drug-likeness (QED) is 0.715. The second-order valence-electron chi connectivity index (χ2n) is 7.10. The summed E-state index contributed by atoms with van der Waals surface area (Å²) in [5.74, 6) is 1.14. The van der Waals surface area contributed by atoms with Gasteiger partial charge in [0.2, 0.25) is 5.91 Å². The van der Waals surface area contributed by atoms with Crippen LogP contribution >= 0.6 is 0 Å². The number of carbonyl (C=O) groups excluding carboxylic acids is 1. The highest BCUT2D eigenvalue weighted by molar-refractivity contribution is 5.82. The Labute approximate surface area is 112 Å². The van der Waals surface area contributed by atoms with Crippen molar-refractivity contribution in [1.82, 2.24) is 9.80 Å². The summed E-state index contributed by atoms with van der Waals surface area (Å²) >= 11 is 0. The Balaban J connectivity index is 1.88. The first-order valence-corrected chi connectivity index (χ1v) is 7.38. The number of hydrogen-bond donors (Lipinski definition) is 0. The van der Waals surface area contributed by atoms with Gasteiger partial charge in [-0.2, -0.15) is 0 Å². The number of carbonyl (C=O) groups is 1. The van der Waals surface area contributed by atoms with Crippen molar-refractivity contribution in [3.8, 4) is 0 Å². The van der Waals surface area contributed by atoms with Gasteiger partial charge in [-0.25, -0.2) is 0 Å². The maximum Gasteiger partial charge on any atom is 0.239 e. The summed E-state index contributed by atoms with van der Waals surface area (Å²) in [6.45, 7) is 9.96. The van der Waals surface area contributed by atoms with E-state index in [0.717, 1.165) is 32.0 Å². The maximum absolute atomic E-state index is 12.5. The van der Waals surface area contributed by atoms with Crippen LogP contribution in [0.25, 0.3) is 0 Å². The molecule has 2 rings (SSSR count). The van der Waals surface area contributed by atoms with Crippen LogP contribution in [0.2, 0.25) is 0 Å². The highest BCUT2D eigenvalue weighted by Gasteiger charge is 2.35. The number of hydrogen-bond acceptors (Lipinski definition) is 2. The standard InChI is InChI=1S/C15H28N2O/c1-15(2,3)12-7-10-17(11-8-12)14(18)13-6-5-9-16(13)4/h12-13H,5-11H2,1-4H3. The van der Waals surface area contributed by atoms with Gasteiger partial charge < -0.3 is 4.90 Å². The van der Waals surface area contributed by atoms with Crippen LogP contribution in [-0.4, -0.2) is 48.4 Å². The first-order chi connectivity index (χ1) is 8.39. The molecule has 0 aromatic heterocycles. The molecule has 0 radical (unpaired) electrons. The third-order valence-electron chi connectivity index (χ3n) is 4.84. The van der Waals surface area contributed by atoms with Gasteiger partial charge in [-0.15, -0.1) is 0 Å². The summed E-state index contributed by atoms with van der Waals surface area (Å²) in [5.41, 5.74) is 0.388. The molecule has 1 atom stereocenters. The Morgan fingerprint density at radius 2 is 1.67 bits per heavy atom. The number of amides is 1. The van der Waals surface area contributed by atoms with Gasteiger partial charge in [-0.1, -0.05) is 20.8 Å². The largest absolute Gasteiger partial charge is 0.341 e. The number of likely N-dealkylation sites (tertiary alicyclic amines) is 2. The van der Waals surface area contributed by atoms with Crippen LogP contribution in [0.4, 0.5) is 0 Å². The molecule has 2 aliphatic heterocycles. The summed E-state index contributed by atoms with van der Waals surface area (Å²) in [4.78, 5) is 16.8. The zero-order valence-electron chi connectivity index (χ0n) is 12.4. The van der Waals surface area contributed by atoms with Crippen LogP contribution < -0.4 is 0 Å². The maximum atomic E-state index is 12.5. The Hall–Kier alpha value is -0.570. The smallest absolute Gasteiger partial charge is 0.239 e. The molecule has 2 fully saturated rings. The fourth-order valence-corrected chi connectivity index (χ4v) is 3.40. The second kappa shape index (κ2) is 5.20. The average Bonchev–Trinajstić information content (AvgIpc) is 2.73. The molecule has 2 saturated heterocycles. The van der Waals surface area contributed by atoms with Crippen LogP contribution in [0.5, 0.6) is 0 Å². The van der Waals surface area contributed by atoms with Crippen molar-refractivity contribution in [1.29, 1.82) is 0 Å². The van der Waals surface area contributed by atoms with Gasteiger partial charge in [0.05, 0.1) is 6.04 Å². The molecular weight excluding hydrogens is 224 g/mol. The second-order valence-corrected chi connectivity index (χ2v) is 7.10. The van der Waals surface area contributed by atoms with Gasteiger partial charge in [-0.05, 0) is 50.6 Å². The lowest BCUT2D eigenvalue weighted by molar-refractivity contribution is -0.137. The van der Waals surface area contributed by atoms with Crippen molar-refractivity contribution in [3.63, 3.8) is 0 Å². The minimum absolute atomic E-state index is 0.163. The summed E-state index contributed by atoms with van der Waals surface area (Å²) in [6.07, 6.45) is 4.57. The zero-order valence-corrected chi connectivity index (χ0v) is 12.4. The van der Waals surface area contributed by atoms with E-state index in [1.54, 1.807) is 0 Å². The van der Waals surface area contributed by atoms with Crippen LogP contribution in [0, 0.1) is 11.3 Å². The normalized spacial score (nSPS) is 27.8. The minimum atomic E-state index is 0.163. The first kappa shape index (κ1) is 13.9. The predicted octanol–water partition coefficient (Wildman–Crippen LogP) is 2.37. The molecule has 1 amide bonds. The van der Waals surface area contributed by atoms with E-state index in [-0.39, 0.29) is 6.04 Å². The van der Waals surface area contributed by atoms with Crippen LogP contribution in [0.3, 0.4) is 0 Å². The van der Waals surface area contributed by atoms with Crippen LogP contribution in [-0.2, 0) is 4.79 Å². The number of piperidine rings is 1. The third-order valence-corrected chi connectivity index (χ3v) is 4.84. The monoisotopic (exact) mass is 252 g/mol. The van der Waals surface area contributed by atoms with Crippen molar-refractivity contribution in [2.75, 3.05) is 26.7 Å². The summed E-state index contributed by atoms with van der Waals surface area (Å²) < 4.78 is 0. The molecule has 0 aromatic carbocycles. The SMILES string of the molecule is CN1CCCC1C(=O)N1CCC(C(C)(C)C)CC1. The highest BCUT2D eigenvalue weighted by Crippen LogP contribution is 2.34. The van der Waals surface area contributed by atoms with E-state index in [0.29, 0.717) is 11.3 Å². The summed E-state index contributed by atoms with van der Waals surface area (Å²) in [5, 5.41) is 0. The van der Waals surface area contributed by atoms with Crippen LogP contribution in [0.15, 0.2) is 0 Å². The van der Waals surface area contributed by atoms with E-state index in [1.165, 1.54) is 19.3 Å². The molecule has 2 aliphatic rings. The van der Waals surface area contributed by atoms with Gasteiger partial charge in [0.15, 0.2) is 0 Å². The Morgan fingerprint density at radius 3 is 2.11 bits per heavy atom. The molecule has 0 aromatic rings. The van der Waals surface area contributed by atoms with Crippen molar-refractivity contribution in [2.24, 2.45) is 11.3 Å². The van der Waals surface area contributed by atoms with E-state index in [4.69, 9.17) is 0 Å². The molecule has 1 unspecified atom stereocenters. The molecule has 2 heterocycles. The van der Waals surface area contributed by atoms with Crippen molar-refractivity contribution < 1.29 is 4.79 Å². The van der Waals surface area contributed by atoms with Gasteiger partial charge in [-0.3, -0.25) is 9.69 Å². The van der Waals surface area contributed by atoms with E-state index < -0.39 is 0 Å². The Bertz CT molecular complexity index is 300. The topological polar surface area (TPSA) is 23.6 Å². The number of nitrogens with zero attached hydrogens (tertiary/aromatic N) is 2. The molecule has 3 nitrogen and oxygen atoms in total. The molecule has 0 bridgehead atoms. The van der Waals surface area contributed by atoms with Crippen molar-refractivity contribution >= 4 is 5.91 Å². The lowest BCUT2D eigenvalue weighted by atomic mass is 9.75. The van der Waals surface area contributed by atoms with E-state index in [2.05, 4.69) is 37.6 Å². The molecule has 0 saturated carbocycles. The Morgan fingerprint density at radius 1 is 1.06 bits per heavy atom. The van der Waals surface area contributed by atoms with Crippen molar-refractivity contribution in [3.05, 3.63) is 0 Å². The molecule has 0 spiro atoms. The number of likely N-dealkylation sites (N-methyl/N-ethyl adjacent to an activating group) is 1. The fourth-order valence-electron chi connectivity index (χ4n) is 3.40. The van der Waals surface area contributed by atoms with E-state index >= 15 is 0 Å². The molecule has 0 N–H and O–H groups in total. The molecule has 18 heavy (non-hydrogen) atoms. The van der Waals surface area contributed by atoms with E-state index in [1.807, 2.05) is 0 Å². The van der Waals surface area contributed by atoms with Crippen molar-refractivity contribution in [2.45, 2.75) is 52.5 Å². The van der Waals surface area contributed by atoms with Crippen LogP contribution in [0.1, 0.15) is 46.5 Å². The first-order valence-electron chi connectivity index (χ1n) is 7.38. The lowest BCUT2D eigenvalue weighted by Crippen LogP contribution is -2.48. The van der Waals surface area contributed by atoms with Gasteiger partial charge in [0.25, 0.3) is 0 Å². The van der Waals surface area contributed by atoms with Gasteiger partial charge >= 0.3 is 0 Å². The summed E-state index contributed by atoms with van der Waals surface area (Å²) in [7, 11) is 2.08. The lowest BCUT2D eigenvalue weighted by Gasteiger charge is -2.40. The third kappa shape index (κ3) is 2.87. The fraction of sp³-hybridized carbons (Fsp3) is 0.933. The minimum Gasteiger partial charge on any atom is -0.341 e. The molecule has 104 valence electrons. The van der Waals surface area contributed by atoms with Gasteiger partial charge in [0.1, 0.15) is 0 Å². The molecule has 3 heteroatoms. The Kier molecular flexibility index (Phi) is 4.00. The molecule has 0 aliphatic carbocycles.